The van der Waals surface area contributed by atoms with E-state index in [9.17, 15) is 9.59 Å². The van der Waals surface area contributed by atoms with Crippen LogP contribution < -0.4 is 5.32 Å². The number of hydrogen-bond donors (Lipinski definition) is 1. The number of hydrogen-bond acceptors (Lipinski definition) is 2. The van der Waals surface area contributed by atoms with Crippen molar-refractivity contribution < 1.29 is 9.59 Å². The molecule has 4 aliphatic rings. The lowest BCUT2D eigenvalue weighted by Gasteiger charge is -2.60. The average molecular weight is 483 g/mol. The summed E-state index contributed by atoms with van der Waals surface area (Å²) in [6.45, 7) is 4.78. The van der Waals surface area contributed by atoms with Crippen LogP contribution in [0.15, 0.2) is 66.7 Å². The highest BCUT2D eigenvalue weighted by atomic mass is 16.2. The molecule has 188 valence electrons. The van der Waals surface area contributed by atoms with Gasteiger partial charge in [-0.3, -0.25) is 9.59 Å². The second-order valence-electron chi connectivity index (χ2n) is 12.2. The Bertz CT molecular complexity index is 1210. The molecule has 0 bridgehead atoms. The van der Waals surface area contributed by atoms with E-state index in [1.54, 1.807) is 0 Å². The van der Waals surface area contributed by atoms with Crippen molar-refractivity contribution in [1.29, 1.82) is 0 Å². The molecule has 6 rings (SSSR count). The first-order valence-corrected chi connectivity index (χ1v) is 13.7. The van der Waals surface area contributed by atoms with Gasteiger partial charge < -0.3 is 10.2 Å². The summed E-state index contributed by atoms with van der Waals surface area (Å²) in [5.41, 5.74) is 3.18. The molecule has 0 aromatic heterocycles. The van der Waals surface area contributed by atoms with Gasteiger partial charge in [0.1, 0.15) is 0 Å². The van der Waals surface area contributed by atoms with E-state index in [4.69, 9.17) is 0 Å². The lowest BCUT2D eigenvalue weighted by atomic mass is 9.47. The van der Waals surface area contributed by atoms with Crippen molar-refractivity contribution in [2.75, 3.05) is 12.4 Å². The maximum absolute atomic E-state index is 13.8. The molecule has 3 aliphatic carbocycles. The fourth-order valence-electron chi connectivity index (χ4n) is 8.85. The monoisotopic (exact) mass is 482 g/mol. The molecule has 36 heavy (non-hydrogen) atoms. The Labute approximate surface area is 215 Å². The summed E-state index contributed by atoms with van der Waals surface area (Å²) in [6.07, 6.45) is 10.6. The molecule has 3 fully saturated rings. The number of carbonyl (C=O) groups is 2. The Morgan fingerprint density at radius 1 is 0.917 bits per heavy atom. The second kappa shape index (κ2) is 8.61. The number of carbonyl (C=O) groups excluding carboxylic acids is 2. The van der Waals surface area contributed by atoms with Crippen LogP contribution >= 0.6 is 0 Å². The zero-order chi connectivity index (χ0) is 25.1. The molecule has 2 amide bonds. The van der Waals surface area contributed by atoms with Crippen molar-refractivity contribution in [2.24, 2.45) is 34.5 Å². The molecule has 2 aromatic rings. The number of nitrogens with one attached hydrogen (secondary N) is 1. The lowest BCUT2D eigenvalue weighted by molar-refractivity contribution is -0.141. The van der Waals surface area contributed by atoms with Crippen LogP contribution in [0.3, 0.4) is 0 Å². The second-order valence-corrected chi connectivity index (χ2v) is 12.2. The number of amides is 2. The predicted octanol–water partition coefficient (Wildman–Crippen LogP) is 6.55. The number of benzene rings is 2. The minimum absolute atomic E-state index is 0.0379. The minimum Gasteiger partial charge on any atom is -0.338 e. The molecule has 7 atom stereocenters. The molecule has 3 saturated carbocycles. The minimum atomic E-state index is 0.0379. The first-order chi connectivity index (χ1) is 17.3. The van der Waals surface area contributed by atoms with Gasteiger partial charge >= 0.3 is 0 Å². The van der Waals surface area contributed by atoms with Crippen molar-refractivity contribution in [3.63, 3.8) is 0 Å². The van der Waals surface area contributed by atoms with Crippen LogP contribution in [0.25, 0.3) is 11.1 Å². The van der Waals surface area contributed by atoms with E-state index in [0.717, 1.165) is 48.9 Å². The summed E-state index contributed by atoms with van der Waals surface area (Å²) < 4.78 is 0. The Hall–Kier alpha value is -2.88. The zero-order valence-electron chi connectivity index (χ0n) is 21.7. The first-order valence-electron chi connectivity index (χ1n) is 13.7. The van der Waals surface area contributed by atoms with Gasteiger partial charge in [0.2, 0.25) is 11.8 Å². The van der Waals surface area contributed by atoms with E-state index >= 15 is 0 Å². The maximum atomic E-state index is 13.8. The van der Waals surface area contributed by atoms with E-state index in [1.165, 1.54) is 6.42 Å². The van der Waals surface area contributed by atoms with Gasteiger partial charge in [0, 0.05) is 35.7 Å². The summed E-state index contributed by atoms with van der Waals surface area (Å²) in [7, 11) is 1.98. The van der Waals surface area contributed by atoms with E-state index in [-0.39, 0.29) is 28.6 Å². The molecule has 4 heteroatoms. The molecule has 0 unspecified atom stereocenters. The number of fused-ring (bicyclic) bond motifs is 5. The predicted molar refractivity (Wildman–Crippen MR) is 144 cm³/mol. The normalized spacial score (nSPS) is 37.1. The molecule has 1 heterocycles. The van der Waals surface area contributed by atoms with Crippen molar-refractivity contribution >= 4 is 17.5 Å². The van der Waals surface area contributed by atoms with Crippen molar-refractivity contribution in [3.05, 3.63) is 66.7 Å². The number of para-hydroxylation sites is 1. The molecule has 1 aliphatic heterocycles. The summed E-state index contributed by atoms with van der Waals surface area (Å²) in [5, 5.41) is 3.35. The van der Waals surface area contributed by atoms with E-state index in [2.05, 4.69) is 43.4 Å². The van der Waals surface area contributed by atoms with Crippen LogP contribution in [0.4, 0.5) is 5.69 Å². The Morgan fingerprint density at radius 2 is 1.67 bits per heavy atom. The highest BCUT2D eigenvalue weighted by molar-refractivity contribution is 5.97. The molecule has 2 aromatic carbocycles. The molecule has 0 radical (unpaired) electrons. The van der Waals surface area contributed by atoms with Crippen LogP contribution in [0.2, 0.25) is 0 Å². The van der Waals surface area contributed by atoms with Crippen LogP contribution in [0, 0.1) is 34.5 Å². The average Bonchev–Trinajstić information content (AvgIpc) is 3.25. The van der Waals surface area contributed by atoms with Crippen LogP contribution in [-0.2, 0) is 9.59 Å². The lowest BCUT2D eigenvalue weighted by Crippen LogP contribution is -2.59. The van der Waals surface area contributed by atoms with Gasteiger partial charge in [-0.1, -0.05) is 68.5 Å². The number of nitrogens with zero attached hydrogens (tertiary/aromatic N) is 1. The molecular formula is C32H38N2O2. The summed E-state index contributed by atoms with van der Waals surface area (Å²) in [5.74, 6) is 2.16. The number of rotatable bonds is 3. The van der Waals surface area contributed by atoms with Gasteiger partial charge in [-0.15, -0.1) is 0 Å². The van der Waals surface area contributed by atoms with Crippen molar-refractivity contribution in [3.8, 4) is 11.1 Å². The third-order valence-electron chi connectivity index (χ3n) is 10.7. The SMILES string of the molecule is CN1C(=O)C=C[C@]2(C)[C@H]3CC[C@]4(C)[C@@H](C(=O)Nc5ccccc5-c5ccccc5)CC[C@H]4[C@@H]3CC[C@@H]12. The standard InChI is InChI=1S/C32H38N2O2/c1-31-19-17-25-23(13-16-28-32(25,2)20-18-29(35)34(28)3)24(31)14-15-26(31)30(36)33-27-12-8-7-11-22(27)21-9-5-4-6-10-21/h4-12,18,20,23-26,28H,13-17,19H2,1-3H3,(H,33,36)/t23-,24-,25-,26+,28+,31-,32+/m0/s1. The van der Waals surface area contributed by atoms with Crippen LogP contribution in [0.1, 0.15) is 52.4 Å². The topological polar surface area (TPSA) is 49.4 Å². The molecule has 4 nitrogen and oxygen atoms in total. The van der Waals surface area contributed by atoms with Gasteiger partial charge in [0.25, 0.3) is 0 Å². The fourth-order valence-corrected chi connectivity index (χ4v) is 8.85. The summed E-state index contributed by atoms with van der Waals surface area (Å²) in [6, 6.07) is 18.8. The fraction of sp³-hybridized carbons (Fsp3) is 0.500. The summed E-state index contributed by atoms with van der Waals surface area (Å²) >= 11 is 0. The van der Waals surface area contributed by atoms with Gasteiger partial charge in [0.15, 0.2) is 0 Å². The largest absolute Gasteiger partial charge is 0.338 e. The van der Waals surface area contributed by atoms with E-state index in [0.29, 0.717) is 23.8 Å². The summed E-state index contributed by atoms with van der Waals surface area (Å²) in [4.78, 5) is 28.2. The molecule has 0 saturated heterocycles. The molecule has 0 spiro atoms. The number of likely N-dealkylation sites (N-methyl/N-ethyl adjacent to an activating group) is 1. The Kier molecular flexibility index (Phi) is 5.62. The number of anilines is 1. The van der Waals surface area contributed by atoms with Crippen LogP contribution in [-0.4, -0.2) is 29.8 Å². The quantitative estimate of drug-likeness (QED) is 0.539. The highest BCUT2D eigenvalue weighted by Crippen LogP contribution is 2.65. The van der Waals surface area contributed by atoms with E-state index in [1.807, 2.05) is 54.4 Å². The smallest absolute Gasteiger partial charge is 0.246 e. The Morgan fingerprint density at radius 3 is 2.47 bits per heavy atom. The van der Waals surface area contributed by atoms with Gasteiger partial charge in [0.05, 0.1) is 0 Å². The van der Waals surface area contributed by atoms with Gasteiger partial charge in [-0.05, 0) is 79.4 Å². The zero-order valence-corrected chi connectivity index (χ0v) is 21.7. The Balaban J connectivity index is 1.24. The molecule has 1 N–H and O–H groups in total. The van der Waals surface area contributed by atoms with E-state index < -0.39 is 0 Å². The third-order valence-corrected chi connectivity index (χ3v) is 10.7. The maximum Gasteiger partial charge on any atom is 0.246 e. The van der Waals surface area contributed by atoms with Crippen molar-refractivity contribution in [2.45, 2.75) is 58.4 Å². The van der Waals surface area contributed by atoms with Gasteiger partial charge in [-0.25, -0.2) is 0 Å². The highest BCUT2D eigenvalue weighted by Gasteiger charge is 2.61. The third kappa shape index (κ3) is 3.48. The van der Waals surface area contributed by atoms with Gasteiger partial charge in [-0.2, -0.15) is 0 Å². The molecular weight excluding hydrogens is 444 g/mol. The van der Waals surface area contributed by atoms with Crippen LogP contribution in [0.5, 0.6) is 0 Å². The first kappa shape index (κ1) is 23.5. The van der Waals surface area contributed by atoms with Crippen molar-refractivity contribution in [1.82, 2.24) is 4.90 Å².